The molecule has 3 amide bonds. The predicted octanol–water partition coefficient (Wildman–Crippen LogP) is 2.03. The highest BCUT2D eigenvalue weighted by Gasteiger charge is 2.13. The van der Waals surface area contributed by atoms with Crippen molar-refractivity contribution >= 4 is 40.5 Å². The van der Waals surface area contributed by atoms with E-state index in [-0.39, 0.29) is 11.6 Å². The Hall–Kier alpha value is -4.08. The van der Waals surface area contributed by atoms with E-state index in [0.717, 1.165) is 0 Å². The van der Waals surface area contributed by atoms with Gasteiger partial charge in [0.2, 0.25) is 5.91 Å². The summed E-state index contributed by atoms with van der Waals surface area (Å²) in [7, 11) is 0. The van der Waals surface area contributed by atoms with Gasteiger partial charge < -0.3 is 10.6 Å². The molecule has 0 aliphatic rings. The number of nitrogens with zero attached hydrogens (tertiary/aromatic N) is 2. The first-order valence-electron chi connectivity index (χ1n) is 8.04. The Morgan fingerprint density at radius 2 is 1.39 bits per heavy atom. The van der Waals surface area contributed by atoms with Gasteiger partial charge in [-0.3, -0.25) is 24.5 Å². The third-order valence-corrected chi connectivity index (χ3v) is 3.49. The molecule has 0 saturated heterocycles. The number of nitro benzene ring substituents is 1. The molecule has 0 unspecified atom stereocenters. The lowest BCUT2D eigenvalue weighted by molar-refractivity contribution is -0.384. The molecule has 0 saturated carbocycles. The molecule has 2 aromatic rings. The summed E-state index contributed by atoms with van der Waals surface area (Å²) in [6.45, 7) is 2.96. The highest BCUT2D eigenvalue weighted by atomic mass is 16.6. The van der Waals surface area contributed by atoms with Crippen LogP contribution in [0.1, 0.15) is 19.4 Å². The number of rotatable bonds is 5. The molecular weight excluding hydrogens is 366 g/mol. The number of nitro groups is 1. The number of carbonyl (C=O) groups is 3. The molecular formula is C18H17N5O5. The van der Waals surface area contributed by atoms with Gasteiger partial charge in [-0.2, -0.15) is 5.10 Å². The molecule has 0 fully saturated rings. The maximum atomic E-state index is 11.9. The van der Waals surface area contributed by atoms with Crippen LogP contribution in [0.15, 0.2) is 53.6 Å². The lowest BCUT2D eigenvalue weighted by Crippen LogP contribution is -2.32. The average Bonchev–Trinajstić information content (AvgIpc) is 2.67. The van der Waals surface area contributed by atoms with Crippen molar-refractivity contribution in [2.45, 2.75) is 13.8 Å². The van der Waals surface area contributed by atoms with E-state index in [1.807, 2.05) is 0 Å². The molecule has 2 rings (SSSR count). The molecule has 0 aliphatic heterocycles. The van der Waals surface area contributed by atoms with Crippen LogP contribution in [0.5, 0.6) is 0 Å². The van der Waals surface area contributed by atoms with Crippen LogP contribution in [0.25, 0.3) is 0 Å². The van der Waals surface area contributed by atoms with Crippen LogP contribution in [0.4, 0.5) is 17.1 Å². The Morgan fingerprint density at radius 1 is 0.857 bits per heavy atom. The number of hydrogen-bond donors (Lipinski definition) is 3. The molecule has 10 nitrogen and oxygen atoms in total. The van der Waals surface area contributed by atoms with Gasteiger partial charge >= 0.3 is 11.8 Å². The Kier molecular flexibility index (Phi) is 6.53. The first kappa shape index (κ1) is 20.2. The van der Waals surface area contributed by atoms with Crippen LogP contribution >= 0.6 is 0 Å². The van der Waals surface area contributed by atoms with Crippen LogP contribution < -0.4 is 16.1 Å². The zero-order valence-corrected chi connectivity index (χ0v) is 15.1. The monoisotopic (exact) mass is 383 g/mol. The summed E-state index contributed by atoms with van der Waals surface area (Å²) in [4.78, 5) is 44.9. The van der Waals surface area contributed by atoms with Gasteiger partial charge in [0.25, 0.3) is 5.69 Å². The molecule has 28 heavy (non-hydrogen) atoms. The van der Waals surface area contributed by atoms with E-state index in [1.54, 1.807) is 19.1 Å². The minimum atomic E-state index is -0.979. The highest BCUT2D eigenvalue weighted by molar-refractivity contribution is 6.39. The van der Waals surface area contributed by atoms with Crippen molar-refractivity contribution in [3.63, 3.8) is 0 Å². The lowest BCUT2D eigenvalue weighted by atomic mass is 10.1. The molecule has 0 aliphatic carbocycles. The Bertz CT molecular complexity index is 936. The number of carbonyl (C=O) groups excluding carboxylic acids is 3. The fraction of sp³-hybridized carbons (Fsp3) is 0.111. The van der Waals surface area contributed by atoms with E-state index in [0.29, 0.717) is 22.6 Å². The largest absolute Gasteiger partial charge is 0.329 e. The fourth-order valence-corrected chi connectivity index (χ4v) is 2.10. The van der Waals surface area contributed by atoms with Crippen LogP contribution in [0.2, 0.25) is 0 Å². The average molecular weight is 383 g/mol. The number of non-ortho nitro benzene ring substituents is 1. The van der Waals surface area contributed by atoms with E-state index in [9.17, 15) is 24.5 Å². The SMILES string of the molecule is CC(=O)Nc1ccc(NC(=O)C(=O)N/N=C(\C)c2ccc([N+](=O)[O-])cc2)cc1. The standard InChI is InChI=1S/C18H17N5O5/c1-11(13-3-9-16(10-4-13)23(27)28)21-22-18(26)17(25)20-15-7-5-14(6-8-15)19-12(2)24/h3-10H,1-2H3,(H,19,24)(H,20,25)(H,22,26)/b21-11+. The smallest absolute Gasteiger partial charge is 0.326 e. The minimum absolute atomic E-state index is 0.0653. The second-order valence-electron chi connectivity index (χ2n) is 5.65. The Morgan fingerprint density at radius 3 is 1.89 bits per heavy atom. The molecule has 0 bridgehead atoms. The summed E-state index contributed by atoms with van der Waals surface area (Å²) >= 11 is 0. The van der Waals surface area contributed by atoms with Crippen LogP contribution in [-0.2, 0) is 14.4 Å². The van der Waals surface area contributed by atoms with Gasteiger partial charge in [-0.25, -0.2) is 5.43 Å². The first-order chi connectivity index (χ1) is 13.3. The van der Waals surface area contributed by atoms with Crippen LogP contribution in [-0.4, -0.2) is 28.4 Å². The molecule has 144 valence electrons. The number of anilines is 2. The zero-order chi connectivity index (χ0) is 20.7. The van der Waals surface area contributed by atoms with Gasteiger partial charge in [-0.15, -0.1) is 0 Å². The van der Waals surface area contributed by atoms with Crippen LogP contribution in [0, 0.1) is 10.1 Å². The predicted molar refractivity (Wildman–Crippen MR) is 103 cm³/mol. The Labute approximate surface area is 159 Å². The van der Waals surface area contributed by atoms with E-state index < -0.39 is 16.7 Å². The highest BCUT2D eigenvalue weighted by Crippen LogP contribution is 2.14. The second-order valence-corrected chi connectivity index (χ2v) is 5.65. The number of amides is 3. The van der Waals surface area contributed by atoms with Crippen molar-refractivity contribution in [1.82, 2.24) is 5.43 Å². The van der Waals surface area contributed by atoms with Crippen molar-refractivity contribution in [1.29, 1.82) is 0 Å². The molecule has 10 heteroatoms. The molecule has 0 spiro atoms. The van der Waals surface area contributed by atoms with Crippen molar-refractivity contribution in [3.05, 3.63) is 64.2 Å². The van der Waals surface area contributed by atoms with Gasteiger partial charge in [0, 0.05) is 30.4 Å². The van der Waals surface area contributed by atoms with Crippen molar-refractivity contribution < 1.29 is 19.3 Å². The number of benzene rings is 2. The summed E-state index contributed by atoms with van der Waals surface area (Å²) in [6.07, 6.45) is 0. The number of hydrazone groups is 1. The van der Waals surface area contributed by atoms with E-state index in [1.165, 1.54) is 43.3 Å². The van der Waals surface area contributed by atoms with Gasteiger partial charge in [0.15, 0.2) is 0 Å². The molecule has 2 aromatic carbocycles. The topological polar surface area (TPSA) is 143 Å². The maximum absolute atomic E-state index is 11.9. The maximum Gasteiger partial charge on any atom is 0.329 e. The third kappa shape index (κ3) is 5.73. The summed E-state index contributed by atoms with van der Waals surface area (Å²) in [5.41, 5.74) is 3.90. The zero-order valence-electron chi connectivity index (χ0n) is 15.1. The molecule has 3 N–H and O–H groups in total. The summed E-state index contributed by atoms with van der Waals surface area (Å²) in [5.74, 6) is -2.13. The van der Waals surface area contributed by atoms with E-state index in [2.05, 4.69) is 21.2 Å². The molecule has 0 aromatic heterocycles. The van der Waals surface area contributed by atoms with Gasteiger partial charge in [-0.1, -0.05) is 0 Å². The van der Waals surface area contributed by atoms with Crippen LogP contribution in [0.3, 0.4) is 0 Å². The fourth-order valence-electron chi connectivity index (χ4n) is 2.10. The first-order valence-corrected chi connectivity index (χ1v) is 8.04. The minimum Gasteiger partial charge on any atom is -0.326 e. The Balaban J connectivity index is 1.94. The van der Waals surface area contributed by atoms with Gasteiger partial charge in [0.1, 0.15) is 0 Å². The number of nitrogens with one attached hydrogen (secondary N) is 3. The van der Waals surface area contributed by atoms with Crippen molar-refractivity contribution in [2.24, 2.45) is 5.10 Å². The summed E-state index contributed by atoms with van der Waals surface area (Å²) in [6, 6.07) is 11.8. The van der Waals surface area contributed by atoms with Crippen molar-refractivity contribution in [2.75, 3.05) is 10.6 Å². The molecule has 0 heterocycles. The second kappa shape index (κ2) is 9.03. The quantitative estimate of drug-likeness (QED) is 0.313. The normalized spacial score (nSPS) is 10.7. The third-order valence-electron chi connectivity index (χ3n) is 3.49. The summed E-state index contributed by atoms with van der Waals surface area (Å²) < 4.78 is 0. The molecule has 0 atom stereocenters. The van der Waals surface area contributed by atoms with Crippen molar-refractivity contribution in [3.8, 4) is 0 Å². The number of hydrogen-bond acceptors (Lipinski definition) is 6. The van der Waals surface area contributed by atoms with E-state index >= 15 is 0 Å². The van der Waals surface area contributed by atoms with E-state index in [4.69, 9.17) is 0 Å². The summed E-state index contributed by atoms with van der Waals surface area (Å²) in [5, 5.41) is 19.4. The molecule has 0 radical (unpaired) electrons. The van der Waals surface area contributed by atoms with Gasteiger partial charge in [-0.05, 0) is 48.9 Å². The lowest BCUT2D eigenvalue weighted by Gasteiger charge is -2.06. The van der Waals surface area contributed by atoms with Gasteiger partial charge in [0.05, 0.1) is 10.6 Å².